The van der Waals surface area contributed by atoms with Gasteiger partial charge in [0.25, 0.3) is 0 Å². The average Bonchev–Trinajstić information content (AvgIpc) is 2.11. The fourth-order valence-corrected chi connectivity index (χ4v) is 1.06. The smallest absolute Gasteiger partial charge is 0.0608 e. The molecule has 0 saturated heterocycles. The Bertz CT molecular complexity index is 115. The molecule has 80 valence electrons. The molecule has 1 atom stereocenters. The number of hydrogen-bond donors (Lipinski definition) is 2. The fourth-order valence-electron chi connectivity index (χ4n) is 1.06. The van der Waals surface area contributed by atoms with E-state index in [0.29, 0.717) is 0 Å². The second kappa shape index (κ2) is 7.30. The fraction of sp³-hybridized carbons (Fsp3) is 1.00. The van der Waals surface area contributed by atoms with Crippen molar-refractivity contribution in [3.8, 4) is 0 Å². The molecular formula is C10H23NO2. The Morgan fingerprint density at radius 1 is 1.31 bits per heavy atom. The summed E-state index contributed by atoms with van der Waals surface area (Å²) in [5.74, 6) is 0. The van der Waals surface area contributed by atoms with Crippen molar-refractivity contribution in [2.75, 3.05) is 19.8 Å². The molecule has 0 radical (unpaired) electrons. The maximum absolute atomic E-state index is 8.88. The molecule has 0 saturated carbocycles. The predicted octanol–water partition coefficient (Wildman–Crippen LogP) is 1.29. The maximum Gasteiger partial charge on any atom is 0.0608 e. The summed E-state index contributed by atoms with van der Waals surface area (Å²) in [4.78, 5) is 0. The molecule has 13 heavy (non-hydrogen) atoms. The van der Waals surface area contributed by atoms with Crippen LogP contribution in [0.4, 0.5) is 0 Å². The SMILES string of the molecule is CCCOCCCCC(C)(N)CO. The normalized spacial score (nSPS) is 15.7. The van der Waals surface area contributed by atoms with Crippen LogP contribution in [0.5, 0.6) is 0 Å². The standard InChI is InChI=1S/C10H23NO2/c1-3-7-13-8-5-4-6-10(2,11)9-12/h12H,3-9,11H2,1-2H3. The van der Waals surface area contributed by atoms with Crippen LogP contribution in [0.25, 0.3) is 0 Å². The molecule has 3 nitrogen and oxygen atoms in total. The van der Waals surface area contributed by atoms with E-state index < -0.39 is 5.54 Å². The Morgan fingerprint density at radius 3 is 2.54 bits per heavy atom. The molecular weight excluding hydrogens is 166 g/mol. The van der Waals surface area contributed by atoms with E-state index in [-0.39, 0.29) is 6.61 Å². The Hall–Kier alpha value is -0.120. The highest BCUT2D eigenvalue weighted by Gasteiger charge is 2.15. The van der Waals surface area contributed by atoms with Gasteiger partial charge in [-0.3, -0.25) is 0 Å². The first-order chi connectivity index (χ1) is 6.12. The Labute approximate surface area is 81.3 Å². The summed E-state index contributed by atoms with van der Waals surface area (Å²) < 4.78 is 5.33. The van der Waals surface area contributed by atoms with E-state index in [4.69, 9.17) is 15.6 Å². The molecule has 0 aliphatic heterocycles. The van der Waals surface area contributed by atoms with Gasteiger partial charge in [-0.1, -0.05) is 6.92 Å². The van der Waals surface area contributed by atoms with E-state index in [1.165, 1.54) is 0 Å². The van der Waals surface area contributed by atoms with Crippen molar-refractivity contribution in [1.82, 2.24) is 0 Å². The molecule has 0 aromatic carbocycles. The van der Waals surface area contributed by atoms with Crippen molar-refractivity contribution in [3.63, 3.8) is 0 Å². The largest absolute Gasteiger partial charge is 0.394 e. The van der Waals surface area contributed by atoms with Gasteiger partial charge >= 0.3 is 0 Å². The third-order valence-corrected chi connectivity index (χ3v) is 2.00. The first-order valence-corrected chi connectivity index (χ1v) is 5.10. The number of aliphatic hydroxyl groups is 1. The third-order valence-electron chi connectivity index (χ3n) is 2.00. The molecule has 0 bridgehead atoms. The number of rotatable bonds is 8. The summed E-state index contributed by atoms with van der Waals surface area (Å²) in [7, 11) is 0. The Morgan fingerprint density at radius 2 is 2.00 bits per heavy atom. The summed E-state index contributed by atoms with van der Waals surface area (Å²) in [5, 5.41) is 8.88. The molecule has 1 unspecified atom stereocenters. The van der Waals surface area contributed by atoms with Gasteiger partial charge in [0.05, 0.1) is 6.61 Å². The monoisotopic (exact) mass is 189 g/mol. The molecule has 0 aliphatic carbocycles. The summed E-state index contributed by atoms with van der Waals surface area (Å²) in [5.41, 5.74) is 5.35. The molecule has 0 aromatic rings. The molecule has 0 amide bonds. The molecule has 3 N–H and O–H groups in total. The van der Waals surface area contributed by atoms with E-state index in [2.05, 4.69) is 6.92 Å². The molecule has 0 rings (SSSR count). The zero-order chi connectivity index (χ0) is 10.2. The highest BCUT2D eigenvalue weighted by molar-refractivity contribution is 4.76. The molecule has 0 aliphatic rings. The summed E-state index contributed by atoms with van der Waals surface area (Å²) in [6.07, 6.45) is 3.99. The highest BCUT2D eigenvalue weighted by atomic mass is 16.5. The van der Waals surface area contributed by atoms with Gasteiger partial charge in [-0.2, -0.15) is 0 Å². The van der Waals surface area contributed by atoms with Gasteiger partial charge in [0.1, 0.15) is 0 Å². The van der Waals surface area contributed by atoms with E-state index in [1.807, 2.05) is 6.92 Å². The maximum atomic E-state index is 8.88. The van der Waals surface area contributed by atoms with Gasteiger partial charge in [0.15, 0.2) is 0 Å². The van der Waals surface area contributed by atoms with Gasteiger partial charge < -0.3 is 15.6 Å². The number of unbranched alkanes of at least 4 members (excludes halogenated alkanes) is 1. The lowest BCUT2D eigenvalue weighted by Gasteiger charge is -2.21. The van der Waals surface area contributed by atoms with Crippen molar-refractivity contribution in [1.29, 1.82) is 0 Å². The zero-order valence-corrected chi connectivity index (χ0v) is 8.88. The quantitative estimate of drug-likeness (QED) is 0.566. The third kappa shape index (κ3) is 8.22. The van der Waals surface area contributed by atoms with Crippen LogP contribution >= 0.6 is 0 Å². The number of hydrogen-bond acceptors (Lipinski definition) is 3. The first-order valence-electron chi connectivity index (χ1n) is 5.10. The molecule has 0 heterocycles. The predicted molar refractivity (Wildman–Crippen MR) is 54.6 cm³/mol. The van der Waals surface area contributed by atoms with E-state index >= 15 is 0 Å². The van der Waals surface area contributed by atoms with E-state index in [0.717, 1.165) is 38.9 Å². The van der Waals surface area contributed by atoms with Crippen molar-refractivity contribution in [2.45, 2.75) is 45.1 Å². The van der Waals surface area contributed by atoms with Gasteiger partial charge in [-0.15, -0.1) is 0 Å². The number of nitrogens with two attached hydrogens (primary N) is 1. The Kier molecular flexibility index (Phi) is 7.23. The van der Waals surface area contributed by atoms with Crippen LogP contribution in [0.3, 0.4) is 0 Å². The van der Waals surface area contributed by atoms with E-state index in [9.17, 15) is 0 Å². The second-order valence-corrected chi connectivity index (χ2v) is 3.88. The second-order valence-electron chi connectivity index (χ2n) is 3.88. The minimum atomic E-state index is -0.412. The van der Waals surface area contributed by atoms with Crippen LogP contribution in [0.2, 0.25) is 0 Å². The van der Waals surface area contributed by atoms with Gasteiger partial charge in [-0.05, 0) is 32.6 Å². The van der Waals surface area contributed by atoms with Crippen LogP contribution in [0.15, 0.2) is 0 Å². The van der Waals surface area contributed by atoms with Crippen LogP contribution in [0.1, 0.15) is 39.5 Å². The lowest BCUT2D eigenvalue weighted by atomic mass is 9.97. The minimum absolute atomic E-state index is 0.0584. The van der Waals surface area contributed by atoms with Crippen LogP contribution in [-0.4, -0.2) is 30.5 Å². The van der Waals surface area contributed by atoms with Gasteiger partial charge in [0.2, 0.25) is 0 Å². The topological polar surface area (TPSA) is 55.5 Å². The minimum Gasteiger partial charge on any atom is -0.394 e. The Balaban J connectivity index is 3.16. The van der Waals surface area contributed by atoms with E-state index in [1.54, 1.807) is 0 Å². The molecule has 0 aromatic heterocycles. The lowest BCUT2D eigenvalue weighted by molar-refractivity contribution is 0.126. The molecule has 0 spiro atoms. The zero-order valence-electron chi connectivity index (χ0n) is 8.88. The van der Waals surface area contributed by atoms with Crippen molar-refractivity contribution >= 4 is 0 Å². The number of aliphatic hydroxyl groups excluding tert-OH is 1. The van der Waals surface area contributed by atoms with Gasteiger partial charge in [-0.25, -0.2) is 0 Å². The average molecular weight is 189 g/mol. The number of ether oxygens (including phenoxy) is 1. The summed E-state index contributed by atoms with van der Waals surface area (Å²) >= 11 is 0. The van der Waals surface area contributed by atoms with Crippen molar-refractivity contribution < 1.29 is 9.84 Å². The summed E-state index contributed by atoms with van der Waals surface area (Å²) in [6, 6.07) is 0. The van der Waals surface area contributed by atoms with Crippen LogP contribution < -0.4 is 5.73 Å². The lowest BCUT2D eigenvalue weighted by Crippen LogP contribution is -2.39. The summed E-state index contributed by atoms with van der Waals surface area (Å²) in [6.45, 7) is 5.70. The van der Waals surface area contributed by atoms with Crippen molar-refractivity contribution in [2.24, 2.45) is 5.73 Å². The molecule has 0 fully saturated rings. The highest BCUT2D eigenvalue weighted by Crippen LogP contribution is 2.09. The van der Waals surface area contributed by atoms with Crippen LogP contribution in [-0.2, 0) is 4.74 Å². The first kappa shape index (κ1) is 12.9. The molecule has 3 heteroatoms. The van der Waals surface area contributed by atoms with Crippen LogP contribution in [0, 0.1) is 0 Å². The van der Waals surface area contributed by atoms with Crippen molar-refractivity contribution in [3.05, 3.63) is 0 Å². The van der Waals surface area contributed by atoms with Gasteiger partial charge in [0, 0.05) is 18.8 Å².